The fraction of sp³-hybridized carbons (Fsp3) is 0.333. The minimum Gasteiger partial charge on any atom is -0.462 e. The van der Waals surface area contributed by atoms with E-state index >= 15 is 0 Å². The van der Waals surface area contributed by atoms with Crippen LogP contribution in [0.1, 0.15) is 34.0 Å². The van der Waals surface area contributed by atoms with E-state index in [0.717, 1.165) is 12.1 Å². The van der Waals surface area contributed by atoms with E-state index in [9.17, 15) is 18.0 Å². The van der Waals surface area contributed by atoms with Gasteiger partial charge in [0.05, 0.1) is 23.3 Å². The van der Waals surface area contributed by atoms with Gasteiger partial charge in [-0.1, -0.05) is 6.07 Å². The Labute approximate surface area is 102 Å². The predicted molar refractivity (Wildman–Crippen MR) is 56.9 cm³/mol. The number of ether oxygens (including phenoxy) is 1. The number of alkyl halides is 3. The number of esters is 1. The van der Waals surface area contributed by atoms with E-state index in [4.69, 9.17) is 5.26 Å². The van der Waals surface area contributed by atoms with Crippen LogP contribution in [-0.2, 0) is 10.9 Å². The minimum absolute atomic E-state index is 0.0272. The van der Waals surface area contributed by atoms with Gasteiger partial charge in [-0.05, 0) is 25.5 Å². The monoisotopic (exact) mass is 257 g/mol. The molecule has 0 saturated carbocycles. The van der Waals surface area contributed by atoms with E-state index in [2.05, 4.69) is 4.74 Å². The van der Waals surface area contributed by atoms with Crippen molar-refractivity contribution in [2.75, 3.05) is 6.61 Å². The molecule has 0 aliphatic carbocycles. The first-order valence-electron chi connectivity index (χ1n) is 5.11. The third-order valence-electron chi connectivity index (χ3n) is 2.31. The zero-order valence-corrected chi connectivity index (χ0v) is 9.76. The lowest BCUT2D eigenvalue weighted by atomic mass is 9.97. The van der Waals surface area contributed by atoms with Crippen LogP contribution in [0.2, 0.25) is 0 Å². The molecule has 1 aromatic rings. The number of halogens is 3. The topological polar surface area (TPSA) is 50.1 Å². The summed E-state index contributed by atoms with van der Waals surface area (Å²) in [6, 6.07) is 3.37. The molecule has 0 aliphatic rings. The second-order valence-electron chi connectivity index (χ2n) is 3.51. The lowest BCUT2D eigenvalue weighted by Gasteiger charge is -2.13. The number of rotatable bonds is 2. The van der Waals surface area contributed by atoms with Gasteiger partial charge in [-0.2, -0.15) is 18.4 Å². The molecule has 0 heterocycles. The highest BCUT2D eigenvalue weighted by atomic mass is 19.4. The predicted octanol–water partition coefficient (Wildman–Crippen LogP) is 3.06. The van der Waals surface area contributed by atoms with Crippen molar-refractivity contribution >= 4 is 5.97 Å². The van der Waals surface area contributed by atoms with Crippen molar-refractivity contribution in [1.29, 1.82) is 5.26 Å². The van der Waals surface area contributed by atoms with Crippen molar-refractivity contribution in [2.45, 2.75) is 20.0 Å². The second kappa shape index (κ2) is 5.08. The number of nitrogens with zero attached hydrogens (tertiary/aromatic N) is 1. The van der Waals surface area contributed by atoms with Gasteiger partial charge in [0.15, 0.2) is 0 Å². The Morgan fingerprint density at radius 3 is 2.50 bits per heavy atom. The highest BCUT2D eigenvalue weighted by molar-refractivity contribution is 5.94. The Kier molecular flexibility index (Phi) is 3.96. The second-order valence-corrected chi connectivity index (χ2v) is 3.51. The number of nitriles is 1. The summed E-state index contributed by atoms with van der Waals surface area (Å²) in [6.07, 6.45) is -4.68. The maximum Gasteiger partial charge on any atom is 0.417 e. The molecule has 0 radical (unpaired) electrons. The Morgan fingerprint density at radius 2 is 2.06 bits per heavy atom. The number of carbonyl (C=O) groups excluding carboxylic acids is 1. The molecule has 0 spiro atoms. The number of hydrogen-bond donors (Lipinski definition) is 0. The lowest BCUT2D eigenvalue weighted by Crippen LogP contribution is -2.15. The summed E-state index contributed by atoms with van der Waals surface area (Å²) < 4.78 is 42.7. The van der Waals surface area contributed by atoms with Gasteiger partial charge in [-0.15, -0.1) is 0 Å². The molecule has 0 bridgehead atoms. The third kappa shape index (κ3) is 2.62. The van der Waals surface area contributed by atoms with Crippen LogP contribution in [0.3, 0.4) is 0 Å². The number of carbonyl (C=O) groups is 1. The molecule has 1 aromatic carbocycles. The standard InChI is InChI=1S/C12H10F3NO2/c1-3-18-11(17)10-7(2)4-5-9(8(10)6-16)12(13,14)15/h4-5H,3H2,1-2H3. The molecule has 3 nitrogen and oxygen atoms in total. The Hall–Kier alpha value is -2.03. The summed E-state index contributed by atoms with van der Waals surface area (Å²) in [5, 5.41) is 8.85. The smallest absolute Gasteiger partial charge is 0.417 e. The average Bonchev–Trinajstić information content (AvgIpc) is 2.26. The van der Waals surface area contributed by atoms with Crippen molar-refractivity contribution < 1.29 is 22.7 Å². The van der Waals surface area contributed by atoms with E-state index in [1.54, 1.807) is 0 Å². The molecule has 0 aromatic heterocycles. The fourth-order valence-corrected chi connectivity index (χ4v) is 1.53. The number of aryl methyl sites for hydroxylation is 1. The highest BCUT2D eigenvalue weighted by Crippen LogP contribution is 2.34. The normalized spacial score (nSPS) is 10.9. The van der Waals surface area contributed by atoms with Gasteiger partial charge in [-0.3, -0.25) is 0 Å². The lowest BCUT2D eigenvalue weighted by molar-refractivity contribution is -0.137. The molecule has 0 unspecified atom stereocenters. The summed E-state index contributed by atoms with van der Waals surface area (Å²) in [5.41, 5.74) is -1.87. The van der Waals surface area contributed by atoms with E-state index < -0.39 is 23.3 Å². The third-order valence-corrected chi connectivity index (χ3v) is 2.31. The van der Waals surface area contributed by atoms with Crippen LogP contribution < -0.4 is 0 Å². The van der Waals surface area contributed by atoms with E-state index in [1.807, 2.05) is 0 Å². The first-order valence-corrected chi connectivity index (χ1v) is 5.11. The van der Waals surface area contributed by atoms with Crippen LogP contribution in [-0.4, -0.2) is 12.6 Å². The van der Waals surface area contributed by atoms with Crippen molar-refractivity contribution in [2.24, 2.45) is 0 Å². The summed E-state index contributed by atoms with van der Waals surface area (Å²) >= 11 is 0. The highest BCUT2D eigenvalue weighted by Gasteiger charge is 2.36. The molecule has 0 saturated heterocycles. The van der Waals surface area contributed by atoms with Gasteiger partial charge in [0.1, 0.15) is 6.07 Å². The van der Waals surface area contributed by atoms with Crippen molar-refractivity contribution in [3.8, 4) is 6.07 Å². The van der Waals surface area contributed by atoms with Gasteiger partial charge in [-0.25, -0.2) is 4.79 Å². The van der Waals surface area contributed by atoms with E-state index in [1.165, 1.54) is 19.9 Å². The molecule has 1 rings (SSSR count). The number of hydrogen-bond acceptors (Lipinski definition) is 3. The van der Waals surface area contributed by atoms with Gasteiger partial charge in [0, 0.05) is 0 Å². The zero-order valence-electron chi connectivity index (χ0n) is 9.76. The molecule has 96 valence electrons. The zero-order chi connectivity index (χ0) is 13.9. The summed E-state index contributed by atoms with van der Waals surface area (Å²) in [4.78, 5) is 11.6. The maximum absolute atomic E-state index is 12.7. The Balaban J connectivity index is 3.51. The van der Waals surface area contributed by atoms with Gasteiger partial charge in [0.2, 0.25) is 0 Å². The Morgan fingerprint density at radius 1 is 1.44 bits per heavy atom. The summed E-state index contributed by atoms with van der Waals surface area (Å²) in [6.45, 7) is 3.01. The average molecular weight is 257 g/mol. The van der Waals surface area contributed by atoms with E-state index in [0.29, 0.717) is 0 Å². The maximum atomic E-state index is 12.7. The number of benzene rings is 1. The van der Waals surface area contributed by atoms with Crippen LogP contribution >= 0.6 is 0 Å². The summed E-state index contributed by atoms with van der Waals surface area (Å²) in [7, 11) is 0. The van der Waals surface area contributed by atoms with Crippen LogP contribution in [0.25, 0.3) is 0 Å². The van der Waals surface area contributed by atoms with Gasteiger partial charge in [0.25, 0.3) is 0 Å². The molecule has 0 N–H and O–H groups in total. The van der Waals surface area contributed by atoms with Crippen molar-refractivity contribution in [3.05, 3.63) is 34.4 Å². The Bertz CT molecular complexity index is 515. The molecule has 0 fully saturated rings. The first kappa shape index (κ1) is 14.0. The molecule has 6 heteroatoms. The molecule has 0 aliphatic heterocycles. The molecular weight excluding hydrogens is 247 g/mol. The summed E-state index contributed by atoms with van der Waals surface area (Å²) in [5.74, 6) is -0.919. The van der Waals surface area contributed by atoms with E-state index in [-0.39, 0.29) is 17.7 Å². The fourth-order valence-electron chi connectivity index (χ4n) is 1.53. The first-order chi connectivity index (χ1) is 8.32. The van der Waals surface area contributed by atoms with Crippen LogP contribution in [0.4, 0.5) is 13.2 Å². The largest absolute Gasteiger partial charge is 0.462 e. The molecule has 0 amide bonds. The van der Waals surface area contributed by atoms with Crippen molar-refractivity contribution in [3.63, 3.8) is 0 Å². The quantitative estimate of drug-likeness (QED) is 0.765. The van der Waals surface area contributed by atoms with Gasteiger partial charge < -0.3 is 4.74 Å². The van der Waals surface area contributed by atoms with Crippen LogP contribution in [0.15, 0.2) is 12.1 Å². The minimum atomic E-state index is -4.68. The van der Waals surface area contributed by atoms with Crippen LogP contribution in [0.5, 0.6) is 0 Å². The van der Waals surface area contributed by atoms with Gasteiger partial charge >= 0.3 is 12.1 Å². The molecule has 0 atom stereocenters. The SMILES string of the molecule is CCOC(=O)c1c(C)ccc(C(F)(F)F)c1C#N. The van der Waals surface area contributed by atoms with Crippen molar-refractivity contribution in [1.82, 2.24) is 0 Å². The molecule has 18 heavy (non-hydrogen) atoms. The van der Waals surface area contributed by atoms with Crippen LogP contribution in [0, 0.1) is 18.3 Å². The molecular formula is C12H10F3NO2.